The van der Waals surface area contributed by atoms with Crippen LogP contribution in [0.2, 0.25) is 0 Å². The Kier molecular flexibility index (Phi) is 4.41. The lowest BCUT2D eigenvalue weighted by Crippen LogP contribution is -2.33. The Labute approximate surface area is 175 Å². The lowest BCUT2D eigenvalue weighted by Gasteiger charge is -2.23. The van der Waals surface area contributed by atoms with Gasteiger partial charge in [-0.1, -0.05) is 5.92 Å². The molecule has 5 rings (SSSR count). The van der Waals surface area contributed by atoms with Gasteiger partial charge < -0.3 is 15.4 Å². The summed E-state index contributed by atoms with van der Waals surface area (Å²) in [4.78, 5) is 24.5. The van der Waals surface area contributed by atoms with Gasteiger partial charge in [-0.25, -0.2) is 4.98 Å². The van der Waals surface area contributed by atoms with Gasteiger partial charge in [-0.05, 0) is 55.2 Å². The lowest BCUT2D eigenvalue weighted by molar-refractivity contribution is 0.0727. The fourth-order valence-corrected chi connectivity index (χ4v) is 4.04. The number of terminal acetylenes is 1. The van der Waals surface area contributed by atoms with E-state index in [0.29, 0.717) is 31.1 Å². The number of nitrogen functional groups attached to an aromatic ring is 1. The molecule has 6 nitrogen and oxygen atoms in total. The predicted molar refractivity (Wildman–Crippen MR) is 114 cm³/mol. The normalized spacial score (nSPS) is 15.1. The zero-order valence-corrected chi connectivity index (χ0v) is 16.8. The molecule has 1 saturated carbocycles. The zero-order valence-electron chi connectivity index (χ0n) is 16.8. The average molecular weight is 398 g/mol. The molecule has 0 unspecified atom stereocenters. The van der Waals surface area contributed by atoms with Crippen LogP contribution >= 0.6 is 0 Å². The molecule has 1 aliphatic heterocycles. The molecule has 2 aliphatic rings. The molecule has 2 N–H and O–H groups in total. The van der Waals surface area contributed by atoms with Crippen LogP contribution in [0.4, 0.5) is 5.82 Å². The topological polar surface area (TPSA) is 81.3 Å². The first kappa shape index (κ1) is 18.6. The summed E-state index contributed by atoms with van der Waals surface area (Å²) in [6.07, 6.45) is 9.12. The highest BCUT2D eigenvalue weighted by atomic mass is 16.5. The van der Waals surface area contributed by atoms with E-state index in [1.165, 1.54) is 0 Å². The van der Waals surface area contributed by atoms with Crippen molar-refractivity contribution in [1.29, 1.82) is 0 Å². The number of fused-ring (bicyclic) bond motifs is 3. The molecule has 1 fully saturated rings. The van der Waals surface area contributed by atoms with Crippen LogP contribution in [0.3, 0.4) is 0 Å². The Bertz CT molecular complexity index is 1210. The van der Waals surface area contributed by atoms with Crippen molar-refractivity contribution in [2.75, 3.05) is 5.73 Å². The number of amides is 1. The standard InChI is InChI=1S/C24H22N4O2/c1-3-15-4-5-16(26-10-15)11-28(17-6-7-17)24(29)18-9-19-20-12-30-13-21(20)23(25)27-22(19)8-14(18)2/h1,4-5,8-10,17H,6-7,11-13H2,2H3,(H2,25,27). The van der Waals surface area contributed by atoms with Crippen LogP contribution in [0.25, 0.3) is 10.9 Å². The smallest absolute Gasteiger partial charge is 0.254 e. The van der Waals surface area contributed by atoms with Crippen LogP contribution < -0.4 is 5.73 Å². The van der Waals surface area contributed by atoms with E-state index in [9.17, 15) is 4.79 Å². The van der Waals surface area contributed by atoms with E-state index < -0.39 is 0 Å². The molecule has 3 aromatic rings. The van der Waals surface area contributed by atoms with Gasteiger partial charge in [-0.15, -0.1) is 6.42 Å². The number of pyridine rings is 2. The summed E-state index contributed by atoms with van der Waals surface area (Å²) in [6, 6.07) is 7.90. The van der Waals surface area contributed by atoms with Crippen molar-refractivity contribution in [3.63, 3.8) is 0 Å². The van der Waals surface area contributed by atoms with Gasteiger partial charge in [0, 0.05) is 34.3 Å². The Morgan fingerprint density at radius 3 is 2.80 bits per heavy atom. The molecule has 0 spiro atoms. The summed E-state index contributed by atoms with van der Waals surface area (Å²) in [7, 11) is 0. The second-order valence-corrected chi connectivity index (χ2v) is 7.98. The van der Waals surface area contributed by atoms with Gasteiger partial charge in [0.05, 0.1) is 31.0 Å². The SMILES string of the molecule is C#Cc1ccc(CN(C(=O)c2cc3c4c(c(N)nc3cc2C)COC4)C2CC2)nc1. The molecule has 0 saturated heterocycles. The Hall–Kier alpha value is -3.43. The number of anilines is 1. The molecule has 2 aromatic heterocycles. The van der Waals surface area contributed by atoms with E-state index in [0.717, 1.165) is 51.7 Å². The third kappa shape index (κ3) is 3.17. The van der Waals surface area contributed by atoms with Gasteiger partial charge in [0.1, 0.15) is 5.82 Å². The van der Waals surface area contributed by atoms with E-state index in [-0.39, 0.29) is 11.9 Å². The first-order valence-electron chi connectivity index (χ1n) is 10.1. The molecule has 0 atom stereocenters. The second-order valence-electron chi connectivity index (χ2n) is 7.98. The number of nitrogens with two attached hydrogens (primary N) is 1. The van der Waals surface area contributed by atoms with Crippen molar-refractivity contribution >= 4 is 22.6 Å². The van der Waals surface area contributed by atoms with E-state index in [4.69, 9.17) is 16.9 Å². The van der Waals surface area contributed by atoms with Crippen LogP contribution in [-0.2, 0) is 24.5 Å². The molecule has 6 heteroatoms. The van der Waals surface area contributed by atoms with E-state index in [1.807, 2.05) is 36.1 Å². The van der Waals surface area contributed by atoms with Gasteiger partial charge >= 0.3 is 0 Å². The highest BCUT2D eigenvalue weighted by molar-refractivity contribution is 6.01. The summed E-state index contributed by atoms with van der Waals surface area (Å²) in [6.45, 7) is 3.37. The number of carbonyl (C=O) groups is 1. The summed E-state index contributed by atoms with van der Waals surface area (Å²) in [5.41, 5.74) is 12.0. The van der Waals surface area contributed by atoms with Crippen LogP contribution in [0.15, 0.2) is 30.5 Å². The molecule has 1 aliphatic carbocycles. The van der Waals surface area contributed by atoms with Gasteiger partial charge in [-0.2, -0.15) is 0 Å². The van der Waals surface area contributed by atoms with Gasteiger partial charge in [-0.3, -0.25) is 9.78 Å². The van der Waals surface area contributed by atoms with E-state index >= 15 is 0 Å². The van der Waals surface area contributed by atoms with Crippen molar-refractivity contribution in [3.8, 4) is 12.3 Å². The molecular weight excluding hydrogens is 376 g/mol. The number of hydrogen-bond acceptors (Lipinski definition) is 5. The molecular formula is C24H22N4O2. The van der Waals surface area contributed by atoms with Crippen LogP contribution in [0, 0.1) is 19.3 Å². The second kappa shape index (κ2) is 7.12. The first-order chi connectivity index (χ1) is 14.5. The quantitative estimate of drug-likeness (QED) is 0.682. The minimum atomic E-state index is 0.0178. The minimum Gasteiger partial charge on any atom is -0.383 e. The lowest BCUT2D eigenvalue weighted by atomic mass is 9.98. The number of aromatic nitrogens is 2. The largest absolute Gasteiger partial charge is 0.383 e. The number of nitrogens with zero attached hydrogens (tertiary/aromatic N) is 3. The highest BCUT2D eigenvalue weighted by Crippen LogP contribution is 2.34. The predicted octanol–water partition coefficient (Wildman–Crippen LogP) is 3.34. The molecule has 0 radical (unpaired) electrons. The minimum absolute atomic E-state index is 0.0178. The molecule has 1 amide bonds. The maximum atomic E-state index is 13.6. The number of hydrogen-bond donors (Lipinski definition) is 1. The summed E-state index contributed by atoms with van der Waals surface area (Å²) in [5, 5.41) is 0.942. The summed E-state index contributed by atoms with van der Waals surface area (Å²) >= 11 is 0. The molecule has 1 aromatic carbocycles. The third-order valence-electron chi connectivity index (χ3n) is 5.88. The van der Waals surface area contributed by atoms with Crippen molar-refractivity contribution < 1.29 is 9.53 Å². The van der Waals surface area contributed by atoms with Crippen LogP contribution in [-0.4, -0.2) is 26.8 Å². The Morgan fingerprint density at radius 1 is 1.30 bits per heavy atom. The number of benzene rings is 1. The monoisotopic (exact) mass is 398 g/mol. The van der Waals surface area contributed by atoms with Gasteiger partial charge in [0.2, 0.25) is 0 Å². The molecule has 3 heterocycles. The Balaban J connectivity index is 1.52. The zero-order chi connectivity index (χ0) is 20.8. The van der Waals surface area contributed by atoms with Crippen molar-refractivity contribution in [1.82, 2.24) is 14.9 Å². The van der Waals surface area contributed by atoms with Crippen LogP contribution in [0.1, 0.15) is 51.1 Å². The van der Waals surface area contributed by atoms with Crippen LogP contribution in [0.5, 0.6) is 0 Å². The summed E-state index contributed by atoms with van der Waals surface area (Å²) < 4.78 is 5.59. The maximum Gasteiger partial charge on any atom is 0.254 e. The number of aryl methyl sites for hydroxylation is 1. The molecule has 150 valence electrons. The third-order valence-corrected chi connectivity index (χ3v) is 5.88. The Morgan fingerprint density at radius 2 is 2.10 bits per heavy atom. The molecule has 0 bridgehead atoms. The first-order valence-corrected chi connectivity index (χ1v) is 10.1. The average Bonchev–Trinajstić information content (AvgIpc) is 3.46. The molecule has 30 heavy (non-hydrogen) atoms. The van der Waals surface area contributed by atoms with Gasteiger partial charge in [0.25, 0.3) is 5.91 Å². The maximum absolute atomic E-state index is 13.6. The van der Waals surface area contributed by atoms with Crippen molar-refractivity contribution in [3.05, 3.63) is 64.0 Å². The highest BCUT2D eigenvalue weighted by Gasteiger charge is 2.34. The fourth-order valence-electron chi connectivity index (χ4n) is 4.04. The van der Waals surface area contributed by atoms with E-state index in [2.05, 4.69) is 15.9 Å². The van der Waals surface area contributed by atoms with Crippen molar-refractivity contribution in [2.24, 2.45) is 0 Å². The summed E-state index contributed by atoms with van der Waals surface area (Å²) in [5.74, 6) is 3.10. The number of carbonyl (C=O) groups excluding carboxylic acids is 1. The fraction of sp³-hybridized carbons (Fsp3) is 0.292. The number of rotatable bonds is 4. The van der Waals surface area contributed by atoms with E-state index in [1.54, 1.807) is 6.20 Å². The van der Waals surface area contributed by atoms with Crippen molar-refractivity contribution in [2.45, 2.75) is 45.6 Å². The number of ether oxygens (including phenoxy) is 1. The van der Waals surface area contributed by atoms with Gasteiger partial charge in [0.15, 0.2) is 0 Å².